The van der Waals surface area contributed by atoms with Crippen molar-refractivity contribution < 1.29 is 14.3 Å². The molecule has 0 amide bonds. The molecule has 94 valence electrons. The lowest BCUT2D eigenvalue weighted by atomic mass is 10.0. The molecule has 0 N–H and O–H groups in total. The molecule has 1 atom stereocenters. The Labute approximate surface area is 102 Å². The van der Waals surface area contributed by atoms with Crippen LogP contribution in [0.3, 0.4) is 0 Å². The number of nitrogens with zero attached hydrogens (tertiary/aromatic N) is 1. The zero-order valence-electron chi connectivity index (χ0n) is 11.0. The van der Waals surface area contributed by atoms with Crippen LogP contribution in [0.2, 0.25) is 0 Å². The zero-order valence-corrected chi connectivity index (χ0v) is 11.0. The summed E-state index contributed by atoms with van der Waals surface area (Å²) in [5.74, 6) is 1.46. The number of Topliss-reactive ketones (excluding diaryl/α,β-unsaturated/α-hetero) is 1. The number of benzene rings is 1. The number of methoxy groups -OCH3 is 2. The largest absolute Gasteiger partial charge is 0.497 e. The fourth-order valence-corrected chi connectivity index (χ4v) is 1.91. The Morgan fingerprint density at radius 2 is 1.88 bits per heavy atom. The van der Waals surface area contributed by atoms with Crippen molar-refractivity contribution in [1.82, 2.24) is 4.90 Å². The number of ketones is 1. The van der Waals surface area contributed by atoms with Crippen molar-refractivity contribution in [3.63, 3.8) is 0 Å². The number of hydrogen-bond donors (Lipinski definition) is 0. The first-order valence-corrected chi connectivity index (χ1v) is 5.40. The number of likely N-dealkylation sites (N-methyl/N-ethyl adjacent to an activating group) is 1. The van der Waals surface area contributed by atoms with Gasteiger partial charge < -0.3 is 9.47 Å². The van der Waals surface area contributed by atoms with Crippen LogP contribution in [0.1, 0.15) is 18.5 Å². The average molecular weight is 237 g/mol. The first kappa shape index (κ1) is 13.5. The Kier molecular flexibility index (Phi) is 4.52. The molecule has 0 aliphatic heterocycles. The van der Waals surface area contributed by atoms with Gasteiger partial charge in [0, 0.05) is 11.6 Å². The second-order valence-corrected chi connectivity index (χ2v) is 4.08. The van der Waals surface area contributed by atoms with Gasteiger partial charge in [0.2, 0.25) is 0 Å². The molecule has 1 aromatic carbocycles. The molecule has 0 aromatic heterocycles. The second-order valence-electron chi connectivity index (χ2n) is 4.08. The highest BCUT2D eigenvalue weighted by molar-refractivity contribution is 5.83. The lowest BCUT2D eigenvalue weighted by Crippen LogP contribution is -2.26. The Morgan fingerprint density at radius 3 is 2.29 bits per heavy atom. The maximum atomic E-state index is 11.7. The smallest absolute Gasteiger partial charge is 0.151 e. The van der Waals surface area contributed by atoms with Crippen molar-refractivity contribution in [2.45, 2.75) is 13.0 Å². The summed E-state index contributed by atoms with van der Waals surface area (Å²) in [6.45, 7) is 1.58. The maximum absolute atomic E-state index is 11.7. The Hall–Kier alpha value is -1.55. The molecule has 0 spiro atoms. The zero-order chi connectivity index (χ0) is 13.0. The summed E-state index contributed by atoms with van der Waals surface area (Å²) in [5, 5.41) is 0. The topological polar surface area (TPSA) is 38.8 Å². The standard InChI is InChI=1S/C13H19NO3/c1-9(15)13(14(2)3)11-7-6-10(16-4)8-12(11)17-5/h6-8,13H,1-5H3. The molecule has 17 heavy (non-hydrogen) atoms. The first-order chi connectivity index (χ1) is 8.01. The number of carbonyl (C=O) groups is 1. The monoisotopic (exact) mass is 237 g/mol. The minimum atomic E-state index is -0.296. The summed E-state index contributed by atoms with van der Waals surface area (Å²) in [4.78, 5) is 13.5. The van der Waals surface area contributed by atoms with Crippen LogP contribution >= 0.6 is 0 Å². The summed E-state index contributed by atoms with van der Waals surface area (Å²) in [6.07, 6.45) is 0. The molecule has 4 heteroatoms. The first-order valence-electron chi connectivity index (χ1n) is 5.40. The number of carbonyl (C=O) groups excluding carboxylic acids is 1. The molecule has 0 radical (unpaired) electrons. The van der Waals surface area contributed by atoms with Gasteiger partial charge in [0.15, 0.2) is 5.78 Å². The van der Waals surface area contributed by atoms with Gasteiger partial charge in [-0.05, 0) is 33.2 Å². The van der Waals surface area contributed by atoms with Crippen molar-refractivity contribution in [2.24, 2.45) is 0 Å². The van der Waals surface area contributed by atoms with E-state index in [9.17, 15) is 4.79 Å². The lowest BCUT2D eigenvalue weighted by Gasteiger charge is -2.24. The molecular weight excluding hydrogens is 218 g/mol. The van der Waals surface area contributed by atoms with Gasteiger partial charge in [-0.3, -0.25) is 9.69 Å². The van der Waals surface area contributed by atoms with Gasteiger partial charge >= 0.3 is 0 Å². The van der Waals surface area contributed by atoms with Crippen LogP contribution in [0, 0.1) is 0 Å². The summed E-state index contributed by atoms with van der Waals surface area (Å²) < 4.78 is 10.4. The van der Waals surface area contributed by atoms with E-state index in [1.54, 1.807) is 27.2 Å². The highest BCUT2D eigenvalue weighted by Crippen LogP contribution is 2.32. The van der Waals surface area contributed by atoms with Crippen LogP contribution in [-0.4, -0.2) is 39.0 Å². The van der Waals surface area contributed by atoms with Crippen LogP contribution < -0.4 is 9.47 Å². The number of rotatable bonds is 5. The fourth-order valence-electron chi connectivity index (χ4n) is 1.91. The van der Waals surface area contributed by atoms with Gasteiger partial charge in [0.05, 0.1) is 20.3 Å². The van der Waals surface area contributed by atoms with Crippen molar-refractivity contribution in [2.75, 3.05) is 28.3 Å². The molecule has 0 bridgehead atoms. The molecule has 0 heterocycles. The number of ether oxygens (including phenoxy) is 2. The quantitative estimate of drug-likeness (QED) is 0.784. The van der Waals surface area contributed by atoms with E-state index in [1.165, 1.54) is 0 Å². The van der Waals surface area contributed by atoms with Crippen molar-refractivity contribution in [3.8, 4) is 11.5 Å². The van der Waals surface area contributed by atoms with E-state index in [2.05, 4.69) is 0 Å². The van der Waals surface area contributed by atoms with Crippen LogP contribution in [0.25, 0.3) is 0 Å². The van der Waals surface area contributed by atoms with Gasteiger partial charge in [-0.2, -0.15) is 0 Å². The molecule has 0 aliphatic carbocycles. The van der Waals surface area contributed by atoms with Crippen LogP contribution in [0.4, 0.5) is 0 Å². The van der Waals surface area contributed by atoms with Crippen molar-refractivity contribution in [3.05, 3.63) is 23.8 Å². The van der Waals surface area contributed by atoms with Gasteiger partial charge in [0.1, 0.15) is 11.5 Å². The van der Waals surface area contributed by atoms with Crippen LogP contribution in [0.5, 0.6) is 11.5 Å². The van der Waals surface area contributed by atoms with Crippen molar-refractivity contribution in [1.29, 1.82) is 0 Å². The highest BCUT2D eigenvalue weighted by Gasteiger charge is 2.22. The van der Waals surface area contributed by atoms with E-state index in [0.29, 0.717) is 11.5 Å². The predicted molar refractivity (Wildman–Crippen MR) is 66.7 cm³/mol. The highest BCUT2D eigenvalue weighted by atomic mass is 16.5. The van der Waals surface area contributed by atoms with Gasteiger partial charge in [-0.15, -0.1) is 0 Å². The molecule has 0 saturated carbocycles. The summed E-state index contributed by atoms with van der Waals surface area (Å²) >= 11 is 0. The molecule has 1 unspecified atom stereocenters. The van der Waals surface area contributed by atoms with E-state index in [4.69, 9.17) is 9.47 Å². The fraction of sp³-hybridized carbons (Fsp3) is 0.462. The van der Waals surface area contributed by atoms with E-state index in [0.717, 1.165) is 5.56 Å². The van der Waals surface area contributed by atoms with Gasteiger partial charge in [-0.1, -0.05) is 0 Å². The second kappa shape index (κ2) is 5.68. The molecule has 0 aliphatic rings. The maximum Gasteiger partial charge on any atom is 0.151 e. The molecule has 0 fully saturated rings. The third-order valence-electron chi connectivity index (χ3n) is 2.64. The van der Waals surface area contributed by atoms with Gasteiger partial charge in [0.25, 0.3) is 0 Å². The van der Waals surface area contributed by atoms with Gasteiger partial charge in [-0.25, -0.2) is 0 Å². The normalized spacial score (nSPS) is 12.4. The minimum Gasteiger partial charge on any atom is -0.497 e. The van der Waals surface area contributed by atoms with E-state index >= 15 is 0 Å². The molecule has 1 rings (SSSR count). The van der Waals surface area contributed by atoms with Crippen LogP contribution in [-0.2, 0) is 4.79 Å². The lowest BCUT2D eigenvalue weighted by molar-refractivity contribution is -0.121. The van der Waals surface area contributed by atoms with Crippen LogP contribution in [0.15, 0.2) is 18.2 Å². The molecule has 4 nitrogen and oxygen atoms in total. The minimum absolute atomic E-state index is 0.0819. The Bertz CT molecular complexity index is 402. The molecular formula is C13H19NO3. The van der Waals surface area contributed by atoms with Crippen molar-refractivity contribution >= 4 is 5.78 Å². The summed E-state index contributed by atoms with van der Waals surface area (Å²) in [5.41, 5.74) is 0.853. The predicted octanol–water partition coefficient (Wildman–Crippen LogP) is 1.90. The molecule has 0 saturated heterocycles. The molecule has 1 aromatic rings. The third-order valence-corrected chi connectivity index (χ3v) is 2.64. The SMILES string of the molecule is COc1ccc(C(C(C)=O)N(C)C)c(OC)c1. The summed E-state index contributed by atoms with van der Waals surface area (Å²) in [7, 11) is 6.93. The average Bonchev–Trinajstić information content (AvgIpc) is 2.28. The summed E-state index contributed by atoms with van der Waals surface area (Å²) in [6, 6.07) is 5.19. The van der Waals surface area contributed by atoms with E-state index in [1.807, 2.05) is 31.1 Å². The Morgan fingerprint density at radius 1 is 1.24 bits per heavy atom. The van der Waals surface area contributed by atoms with E-state index < -0.39 is 0 Å². The van der Waals surface area contributed by atoms with E-state index in [-0.39, 0.29) is 11.8 Å². The number of hydrogen-bond acceptors (Lipinski definition) is 4. The Balaban J connectivity index is 3.23. The third kappa shape index (κ3) is 2.97.